The molecular formula is C18H21NO3. The van der Waals surface area contributed by atoms with Crippen molar-refractivity contribution in [2.45, 2.75) is 26.7 Å². The number of carboxylic acid groups (broad SMARTS) is 1. The molecule has 1 aromatic carbocycles. The maximum atomic E-state index is 12.7. The smallest absolute Gasteiger partial charge is 0.307 e. The molecule has 0 heterocycles. The van der Waals surface area contributed by atoms with Gasteiger partial charge in [-0.3, -0.25) is 9.59 Å². The van der Waals surface area contributed by atoms with Crippen LogP contribution >= 0.6 is 0 Å². The highest BCUT2D eigenvalue weighted by atomic mass is 16.4. The minimum Gasteiger partial charge on any atom is -0.481 e. The number of anilines is 1. The van der Waals surface area contributed by atoms with Crippen LogP contribution in [0.1, 0.15) is 24.5 Å². The van der Waals surface area contributed by atoms with E-state index in [0.717, 1.165) is 29.7 Å². The molecule has 1 amide bonds. The summed E-state index contributed by atoms with van der Waals surface area (Å²) in [7, 11) is 0. The molecule has 116 valence electrons. The van der Waals surface area contributed by atoms with Crippen molar-refractivity contribution in [1.29, 1.82) is 0 Å². The fourth-order valence-corrected chi connectivity index (χ4v) is 3.92. The Labute approximate surface area is 130 Å². The van der Waals surface area contributed by atoms with Crippen molar-refractivity contribution in [3.05, 3.63) is 41.5 Å². The number of allylic oxidation sites excluding steroid dienone is 2. The van der Waals surface area contributed by atoms with Gasteiger partial charge in [0.1, 0.15) is 0 Å². The first kappa shape index (κ1) is 14.8. The maximum Gasteiger partial charge on any atom is 0.307 e. The summed E-state index contributed by atoms with van der Waals surface area (Å²) in [5.74, 6) is -2.02. The number of carbonyl (C=O) groups is 2. The Morgan fingerprint density at radius 2 is 1.91 bits per heavy atom. The molecule has 4 heteroatoms. The highest BCUT2D eigenvalue weighted by molar-refractivity contribution is 5.97. The predicted molar refractivity (Wildman–Crippen MR) is 84.5 cm³/mol. The van der Waals surface area contributed by atoms with Crippen LogP contribution in [0.5, 0.6) is 0 Å². The molecular weight excluding hydrogens is 278 g/mol. The zero-order valence-corrected chi connectivity index (χ0v) is 12.9. The highest BCUT2D eigenvalue weighted by Crippen LogP contribution is 2.48. The summed E-state index contributed by atoms with van der Waals surface area (Å²) in [5, 5.41) is 12.5. The number of carbonyl (C=O) groups excluding carboxylic acids is 1. The van der Waals surface area contributed by atoms with Crippen molar-refractivity contribution in [2.75, 3.05) is 5.32 Å². The van der Waals surface area contributed by atoms with Crippen LogP contribution < -0.4 is 5.32 Å². The van der Waals surface area contributed by atoms with Gasteiger partial charge in [-0.25, -0.2) is 0 Å². The van der Waals surface area contributed by atoms with Crippen LogP contribution in [0, 0.1) is 30.6 Å². The van der Waals surface area contributed by atoms with E-state index in [1.807, 2.05) is 44.2 Å². The number of para-hydroxylation sites is 1. The molecule has 0 radical (unpaired) electrons. The molecule has 0 unspecified atom stereocenters. The molecule has 22 heavy (non-hydrogen) atoms. The number of aryl methyl sites for hydroxylation is 2. The fraction of sp³-hybridized carbons (Fsp3) is 0.444. The van der Waals surface area contributed by atoms with Gasteiger partial charge in [-0.05, 0) is 42.7 Å². The first-order valence-electron chi connectivity index (χ1n) is 7.83. The number of rotatable bonds is 4. The number of hydrogen-bond acceptors (Lipinski definition) is 2. The van der Waals surface area contributed by atoms with E-state index in [-0.39, 0.29) is 17.7 Å². The van der Waals surface area contributed by atoms with Crippen LogP contribution in [0.4, 0.5) is 5.69 Å². The van der Waals surface area contributed by atoms with Crippen LogP contribution in [-0.4, -0.2) is 17.0 Å². The van der Waals surface area contributed by atoms with E-state index in [2.05, 4.69) is 5.32 Å². The van der Waals surface area contributed by atoms with Gasteiger partial charge in [0.2, 0.25) is 5.91 Å². The predicted octanol–water partition coefficient (Wildman–Crippen LogP) is 3.02. The molecule has 4 nitrogen and oxygen atoms in total. The van der Waals surface area contributed by atoms with Gasteiger partial charge in [0.25, 0.3) is 0 Å². The molecule has 3 rings (SSSR count). The molecule has 2 bridgehead atoms. The number of carboxylic acids is 1. The Kier molecular flexibility index (Phi) is 3.77. The molecule has 1 saturated carbocycles. The zero-order chi connectivity index (χ0) is 15.9. The standard InChI is InChI=1S/C18H21NO3/c1-3-11-6-4-5-10(2)16(11)19-17(20)14-12-7-8-13(9-12)15(14)18(21)22/h4-8,12-15H,3,9H2,1-2H3,(H,19,20)(H,21,22)/t12-,13-,14-,15+/m0/s1. The average Bonchev–Trinajstić information content (AvgIpc) is 3.09. The van der Waals surface area contributed by atoms with Crippen LogP contribution in [0.15, 0.2) is 30.4 Å². The van der Waals surface area contributed by atoms with E-state index in [1.54, 1.807) is 0 Å². The zero-order valence-electron chi connectivity index (χ0n) is 12.9. The maximum absolute atomic E-state index is 12.7. The molecule has 1 aromatic rings. The van der Waals surface area contributed by atoms with E-state index in [9.17, 15) is 14.7 Å². The molecule has 0 aliphatic heterocycles. The van der Waals surface area contributed by atoms with E-state index >= 15 is 0 Å². The van der Waals surface area contributed by atoms with E-state index < -0.39 is 17.8 Å². The largest absolute Gasteiger partial charge is 0.481 e. The minimum atomic E-state index is -0.863. The van der Waals surface area contributed by atoms with Gasteiger partial charge < -0.3 is 10.4 Å². The fourth-order valence-electron chi connectivity index (χ4n) is 3.92. The minimum absolute atomic E-state index is 0.000709. The third-order valence-electron chi connectivity index (χ3n) is 5.04. The van der Waals surface area contributed by atoms with Crippen molar-refractivity contribution >= 4 is 17.6 Å². The number of fused-ring (bicyclic) bond motifs is 2. The van der Waals surface area contributed by atoms with Gasteiger partial charge in [0.05, 0.1) is 11.8 Å². The Bertz CT molecular complexity index is 650. The first-order valence-corrected chi connectivity index (χ1v) is 7.83. The molecule has 2 aliphatic rings. The number of hydrogen-bond donors (Lipinski definition) is 2. The summed E-state index contributed by atoms with van der Waals surface area (Å²) in [6.45, 7) is 4.01. The number of aliphatic carboxylic acids is 1. The molecule has 2 N–H and O–H groups in total. The highest BCUT2D eigenvalue weighted by Gasteiger charge is 2.51. The lowest BCUT2D eigenvalue weighted by Crippen LogP contribution is -2.36. The van der Waals surface area contributed by atoms with E-state index in [4.69, 9.17) is 0 Å². The number of nitrogens with one attached hydrogen (secondary N) is 1. The SMILES string of the molecule is CCc1cccc(C)c1NC(=O)[C@@H]1[C@H](C(=O)O)[C@H]2C=C[C@H]1C2. The summed E-state index contributed by atoms with van der Waals surface area (Å²) in [5.41, 5.74) is 2.93. The second-order valence-corrected chi connectivity index (χ2v) is 6.29. The van der Waals surface area contributed by atoms with Crippen molar-refractivity contribution in [3.63, 3.8) is 0 Å². The Morgan fingerprint density at radius 1 is 1.23 bits per heavy atom. The van der Waals surface area contributed by atoms with Crippen LogP contribution in [0.3, 0.4) is 0 Å². The van der Waals surface area contributed by atoms with Gasteiger partial charge in [-0.15, -0.1) is 0 Å². The van der Waals surface area contributed by atoms with Crippen molar-refractivity contribution < 1.29 is 14.7 Å². The molecule has 0 aromatic heterocycles. The number of amides is 1. The summed E-state index contributed by atoms with van der Waals surface area (Å²) in [6, 6.07) is 5.94. The summed E-state index contributed by atoms with van der Waals surface area (Å²) in [6.07, 6.45) is 5.57. The Balaban J connectivity index is 1.86. The monoisotopic (exact) mass is 299 g/mol. The molecule has 2 aliphatic carbocycles. The van der Waals surface area contributed by atoms with Gasteiger partial charge in [-0.1, -0.05) is 37.3 Å². The van der Waals surface area contributed by atoms with Crippen LogP contribution in [-0.2, 0) is 16.0 Å². The second-order valence-electron chi connectivity index (χ2n) is 6.29. The topological polar surface area (TPSA) is 66.4 Å². The van der Waals surface area contributed by atoms with E-state index in [1.165, 1.54) is 0 Å². The van der Waals surface area contributed by atoms with Gasteiger partial charge in [-0.2, -0.15) is 0 Å². The van der Waals surface area contributed by atoms with Crippen molar-refractivity contribution in [3.8, 4) is 0 Å². The lowest BCUT2D eigenvalue weighted by molar-refractivity contribution is -0.146. The summed E-state index contributed by atoms with van der Waals surface area (Å²) < 4.78 is 0. The third-order valence-corrected chi connectivity index (χ3v) is 5.04. The average molecular weight is 299 g/mol. The quantitative estimate of drug-likeness (QED) is 0.840. The van der Waals surface area contributed by atoms with Crippen molar-refractivity contribution in [2.24, 2.45) is 23.7 Å². The number of benzene rings is 1. The summed E-state index contributed by atoms with van der Waals surface area (Å²) >= 11 is 0. The molecule has 0 spiro atoms. The molecule has 4 atom stereocenters. The third kappa shape index (κ3) is 2.32. The summed E-state index contributed by atoms with van der Waals surface area (Å²) in [4.78, 5) is 24.3. The van der Waals surface area contributed by atoms with Crippen LogP contribution in [0.2, 0.25) is 0 Å². The Morgan fingerprint density at radius 3 is 2.55 bits per heavy atom. The second kappa shape index (κ2) is 5.59. The van der Waals surface area contributed by atoms with E-state index in [0.29, 0.717) is 0 Å². The van der Waals surface area contributed by atoms with Gasteiger partial charge in [0.15, 0.2) is 0 Å². The van der Waals surface area contributed by atoms with Gasteiger partial charge in [0, 0.05) is 5.69 Å². The molecule has 1 fully saturated rings. The lowest BCUT2D eigenvalue weighted by atomic mass is 9.82. The molecule has 0 saturated heterocycles. The first-order chi connectivity index (χ1) is 10.5. The lowest BCUT2D eigenvalue weighted by Gasteiger charge is -2.25. The van der Waals surface area contributed by atoms with Crippen molar-refractivity contribution in [1.82, 2.24) is 0 Å². The normalized spacial score (nSPS) is 28.8. The van der Waals surface area contributed by atoms with Crippen LogP contribution in [0.25, 0.3) is 0 Å². The Hall–Kier alpha value is -2.10. The van der Waals surface area contributed by atoms with Gasteiger partial charge >= 0.3 is 5.97 Å².